The highest BCUT2D eigenvalue weighted by Crippen LogP contribution is 2.35. The van der Waals surface area contributed by atoms with Gasteiger partial charge in [0, 0.05) is 12.6 Å². The van der Waals surface area contributed by atoms with Crippen molar-refractivity contribution in [1.82, 2.24) is 9.97 Å². The third-order valence-corrected chi connectivity index (χ3v) is 3.73. The average molecular weight is 234 g/mol. The number of hydrogen-bond donors (Lipinski definition) is 1. The van der Waals surface area contributed by atoms with Crippen molar-refractivity contribution in [1.29, 1.82) is 0 Å². The molecule has 0 atom stereocenters. The molecule has 0 aromatic carbocycles. The first-order chi connectivity index (χ1) is 7.79. The molecule has 0 bridgehead atoms. The van der Waals surface area contributed by atoms with Crippen molar-refractivity contribution in [2.45, 2.75) is 25.8 Å². The maximum absolute atomic E-state index is 5.75. The first kappa shape index (κ1) is 9.84. The summed E-state index contributed by atoms with van der Waals surface area (Å²) in [6.07, 6.45) is 2.53. The fraction of sp³-hybridized carbons (Fsp3) is 0.455. The molecule has 0 radical (unpaired) electrons. The van der Waals surface area contributed by atoms with Crippen LogP contribution in [-0.2, 0) is 0 Å². The molecule has 0 saturated heterocycles. The molecule has 1 aliphatic carbocycles. The second-order valence-electron chi connectivity index (χ2n) is 4.06. The van der Waals surface area contributed by atoms with E-state index in [-0.39, 0.29) is 0 Å². The monoisotopic (exact) mass is 234 g/mol. The Hall–Kier alpha value is -1.36. The smallest absolute Gasteiger partial charge is 0.223 e. The zero-order valence-electron chi connectivity index (χ0n) is 9.18. The number of thiophene rings is 1. The maximum atomic E-state index is 5.75. The van der Waals surface area contributed by atoms with Crippen LogP contribution < -0.4 is 10.6 Å². The average Bonchev–Trinajstić information content (AvgIpc) is 2.97. The summed E-state index contributed by atoms with van der Waals surface area (Å²) in [6.45, 7) is 3.14. The van der Waals surface area contributed by atoms with E-state index in [9.17, 15) is 0 Å². The second kappa shape index (κ2) is 3.59. The van der Waals surface area contributed by atoms with Crippen LogP contribution in [0, 0.1) is 0 Å². The fourth-order valence-electron chi connectivity index (χ4n) is 2.04. The lowest BCUT2D eigenvalue weighted by Gasteiger charge is -2.22. The molecule has 5 heteroatoms. The minimum absolute atomic E-state index is 0.379. The van der Waals surface area contributed by atoms with Crippen LogP contribution in [0.3, 0.4) is 0 Å². The number of anilines is 2. The lowest BCUT2D eigenvalue weighted by molar-refractivity contribution is 0.813. The summed E-state index contributed by atoms with van der Waals surface area (Å²) >= 11 is 1.62. The van der Waals surface area contributed by atoms with Crippen LogP contribution in [0.5, 0.6) is 0 Å². The molecule has 16 heavy (non-hydrogen) atoms. The number of nitrogens with zero attached hydrogens (tertiary/aromatic N) is 3. The normalized spacial score (nSPS) is 15.6. The Morgan fingerprint density at radius 1 is 1.50 bits per heavy atom. The molecule has 2 aromatic heterocycles. The van der Waals surface area contributed by atoms with Crippen molar-refractivity contribution in [3.05, 3.63) is 11.4 Å². The Kier molecular flexibility index (Phi) is 2.21. The lowest BCUT2D eigenvalue weighted by atomic mass is 10.3. The highest BCUT2D eigenvalue weighted by molar-refractivity contribution is 7.16. The fourth-order valence-corrected chi connectivity index (χ4v) is 2.81. The van der Waals surface area contributed by atoms with Crippen LogP contribution in [0.25, 0.3) is 10.2 Å². The van der Waals surface area contributed by atoms with E-state index >= 15 is 0 Å². The van der Waals surface area contributed by atoms with Gasteiger partial charge in [0.25, 0.3) is 0 Å². The summed E-state index contributed by atoms with van der Waals surface area (Å²) in [7, 11) is 0. The highest BCUT2D eigenvalue weighted by Gasteiger charge is 2.30. The Bertz CT molecular complexity index is 518. The number of nitrogen functional groups attached to an aromatic ring is 1. The Balaban J connectivity index is 2.15. The van der Waals surface area contributed by atoms with Crippen molar-refractivity contribution >= 4 is 33.3 Å². The molecule has 0 spiro atoms. The minimum atomic E-state index is 0.379. The van der Waals surface area contributed by atoms with Gasteiger partial charge in [-0.3, -0.25) is 0 Å². The summed E-state index contributed by atoms with van der Waals surface area (Å²) < 4.78 is 0. The van der Waals surface area contributed by atoms with E-state index in [1.807, 2.05) is 5.38 Å². The predicted octanol–water partition coefficient (Wildman–Crippen LogP) is 2.26. The van der Waals surface area contributed by atoms with Gasteiger partial charge < -0.3 is 10.6 Å². The van der Waals surface area contributed by atoms with E-state index < -0.39 is 0 Å². The zero-order valence-corrected chi connectivity index (χ0v) is 10.00. The van der Waals surface area contributed by atoms with Crippen LogP contribution in [0.4, 0.5) is 11.8 Å². The molecule has 84 valence electrons. The molecule has 0 aliphatic heterocycles. The van der Waals surface area contributed by atoms with Gasteiger partial charge in [0.1, 0.15) is 10.6 Å². The molecule has 2 aromatic rings. The quantitative estimate of drug-likeness (QED) is 0.885. The van der Waals surface area contributed by atoms with Crippen LogP contribution in [0.2, 0.25) is 0 Å². The van der Waals surface area contributed by atoms with Gasteiger partial charge in [-0.2, -0.15) is 4.98 Å². The molecule has 4 nitrogen and oxygen atoms in total. The topological polar surface area (TPSA) is 55.0 Å². The van der Waals surface area contributed by atoms with E-state index in [0.29, 0.717) is 12.0 Å². The van der Waals surface area contributed by atoms with Crippen LogP contribution in [0.1, 0.15) is 19.8 Å². The minimum Gasteiger partial charge on any atom is -0.368 e. The Morgan fingerprint density at radius 2 is 2.31 bits per heavy atom. The van der Waals surface area contributed by atoms with Gasteiger partial charge in [-0.15, -0.1) is 11.3 Å². The molecule has 2 N–H and O–H groups in total. The van der Waals surface area contributed by atoms with Crippen molar-refractivity contribution in [2.24, 2.45) is 0 Å². The Labute approximate surface area is 98.1 Å². The molecule has 1 fully saturated rings. The van der Waals surface area contributed by atoms with Crippen LogP contribution in [-0.4, -0.2) is 22.6 Å². The van der Waals surface area contributed by atoms with Crippen molar-refractivity contribution in [3.63, 3.8) is 0 Å². The molecule has 1 aliphatic rings. The molecule has 3 rings (SSSR count). The molecule has 2 heterocycles. The second-order valence-corrected chi connectivity index (χ2v) is 4.96. The van der Waals surface area contributed by atoms with E-state index in [1.165, 1.54) is 12.8 Å². The summed E-state index contributed by atoms with van der Waals surface area (Å²) in [5.74, 6) is 1.39. The van der Waals surface area contributed by atoms with Crippen LogP contribution >= 0.6 is 11.3 Å². The van der Waals surface area contributed by atoms with Crippen molar-refractivity contribution in [2.75, 3.05) is 17.2 Å². The molecule has 1 saturated carbocycles. The maximum Gasteiger partial charge on any atom is 0.223 e. The van der Waals surface area contributed by atoms with E-state index in [1.54, 1.807) is 11.3 Å². The van der Waals surface area contributed by atoms with E-state index in [2.05, 4.69) is 27.9 Å². The summed E-state index contributed by atoms with van der Waals surface area (Å²) in [5.41, 5.74) is 5.75. The molecular formula is C11H14N4S. The number of rotatable bonds is 3. The van der Waals surface area contributed by atoms with Crippen LogP contribution in [0.15, 0.2) is 11.4 Å². The first-order valence-electron chi connectivity index (χ1n) is 5.57. The zero-order chi connectivity index (χ0) is 11.1. The van der Waals surface area contributed by atoms with Gasteiger partial charge in [0.15, 0.2) is 0 Å². The largest absolute Gasteiger partial charge is 0.368 e. The predicted molar refractivity (Wildman–Crippen MR) is 67.9 cm³/mol. The van der Waals surface area contributed by atoms with Gasteiger partial charge in [-0.25, -0.2) is 4.98 Å². The third-order valence-electron chi connectivity index (χ3n) is 2.92. The van der Waals surface area contributed by atoms with Gasteiger partial charge in [0.2, 0.25) is 5.95 Å². The SMILES string of the molecule is CCN(c1nc(N)nc2sccc12)C1CC1. The number of nitrogens with two attached hydrogens (primary N) is 1. The standard InChI is InChI=1S/C11H14N4S/c1-2-15(7-3-4-7)9-8-5-6-16-10(8)14-11(12)13-9/h5-7H,2-4H2,1H3,(H2,12,13,14). The molecule has 0 unspecified atom stereocenters. The molecular weight excluding hydrogens is 220 g/mol. The van der Waals surface area contributed by atoms with Gasteiger partial charge in [-0.1, -0.05) is 0 Å². The summed E-state index contributed by atoms with van der Waals surface area (Å²) in [6, 6.07) is 2.74. The van der Waals surface area contributed by atoms with E-state index in [0.717, 1.165) is 22.6 Å². The van der Waals surface area contributed by atoms with Crippen molar-refractivity contribution in [3.8, 4) is 0 Å². The first-order valence-corrected chi connectivity index (χ1v) is 6.45. The molecule has 0 amide bonds. The van der Waals surface area contributed by atoms with Crippen molar-refractivity contribution < 1.29 is 0 Å². The lowest BCUT2D eigenvalue weighted by Crippen LogP contribution is -2.26. The number of hydrogen-bond acceptors (Lipinski definition) is 5. The summed E-state index contributed by atoms with van der Waals surface area (Å²) in [5, 5.41) is 3.18. The van der Waals surface area contributed by atoms with Gasteiger partial charge in [0.05, 0.1) is 5.39 Å². The van der Waals surface area contributed by atoms with E-state index in [4.69, 9.17) is 5.73 Å². The summed E-state index contributed by atoms with van der Waals surface area (Å²) in [4.78, 5) is 12.0. The van der Waals surface area contributed by atoms with Gasteiger partial charge in [-0.05, 0) is 31.2 Å². The number of fused-ring (bicyclic) bond motifs is 1. The highest BCUT2D eigenvalue weighted by atomic mass is 32.1. The number of aromatic nitrogens is 2. The van der Waals surface area contributed by atoms with Gasteiger partial charge >= 0.3 is 0 Å². The third kappa shape index (κ3) is 1.51. The Morgan fingerprint density at radius 3 is 3.00 bits per heavy atom.